The Bertz CT molecular complexity index is 487. The quantitative estimate of drug-likeness (QED) is 0.867. The van der Waals surface area contributed by atoms with Crippen molar-refractivity contribution in [3.05, 3.63) is 30.3 Å². The van der Waals surface area contributed by atoms with Gasteiger partial charge in [0.2, 0.25) is 0 Å². The van der Waals surface area contributed by atoms with Gasteiger partial charge in [-0.1, -0.05) is 25.5 Å². The first kappa shape index (κ1) is 16.3. The summed E-state index contributed by atoms with van der Waals surface area (Å²) in [7, 11) is 0. The summed E-state index contributed by atoms with van der Waals surface area (Å²) in [5.41, 5.74) is 0.504. The van der Waals surface area contributed by atoms with Crippen LogP contribution in [0.1, 0.15) is 19.8 Å². The number of nitrogens with zero attached hydrogens (tertiary/aromatic N) is 2. The van der Waals surface area contributed by atoms with E-state index in [4.69, 9.17) is 4.74 Å². The normalized spacial score (nSPS) is 14.5. The van der Waals surface area contributed by atoms with Crippen molar-refractivity contribution in [2.45, 2.75) is 19.8 Å². The van der Waals surface area contributed by atoms with Crippen molar-refractivity contribution in [1.29, 1.82) is 0 Å². The highest BCUT2D eigenvalue weighted by molar-refractivity contribution is 6.11. The minimum atomic E-state index is -0.622. The number of carbonyl (C=O) groups excluding carboxylic acids is 2. The number of carbonyl (C=O) groups is 2. The number of benzene rings is 1. The van der Waals surface area contributed by atoms with E-state index in [-0.39, 0.29) is 6.03 Å². The van der Waals surface area contributed by atoms with E-state index in [2.05, 4.69) is 11.4 Å². The van der Waals surface area contributed by atoms with Crippen molar-refractivity contribution in [1.82, 2.24) is 10.2 Å². The molecule has 1 radical (unpaired) electrons. The van der Waals surface area contributed by atoms with Crippen molar-refractivity contribution < 1.29 is 14.3 Å². The molecule has 1 saturated heterocycles. The largest absolute Gasteiger partial charge is 0.449 e. The maximum Gasteiger partial charge on any atom is 0.422 e. The van der Waals surface area contributed by atoms with Crippen LogP contribution in [0.5, 0.6) is 0 Å². The molecule has 1 fully saturated rings. The Morgan fingerprint density at radius 3 is 2.64 bits per heavy atom. The predicted molar refractivity (Wildman–Crippen MR) is 83.9 cm³/mol. The molecule has 0 saturated carbocycles. The Hall–Kier alpha value is -2.08. The molecule has 1 aromatic carbocycles. The van der Waals surface area contributed by atoms with Crippen molar-refractivity contribution in [3.8, 4) is 0 Å². The van der Waals surface area contributed by atoms with Crippen molar-refractivity contribution in [2.24, 2.45) is 0 Å². The number of ether oxygens (including phenoxy) is 1. The lowest BCUT2D eigenvalue weighted by atomic mass is 10.3. The Morgan fingerprint density at radius 2 is 2.00 bits per heavy atom. The Labute approximate surface area is 131 Å². The summed E-state index contributed by atoms with van der Waals surface area (Å²) in [5.74, 6) is 0. The van der Waals surface area contributed by atoms with Crippen LogP contribution in [0.2, 0.25) is 0 Å². The second-order valence-electron chi connectivity index (χ2n) is 5.08. The number of rotatable bonds is 4. The number of anilines is 1. The molecule has 1 heterocycles. The molecule has 2 rings (SSSR count). The number of hydrogen-bond acceptors (Lipinski definition) is 4. The molecule has 0 atom stereocenters. The van der Waals surface area contributed by atoms with Gasteiger partial charge >= 0.3 is 12.1 Å². The summed E-state index contributed by atoms with van der Waals surface area (Å²) in [5, 5.41) is 3.19. The van der Waals surface area contributed by atoms with Gasteiger partial charge in [0.15, 0.2) is 0 Å². The molecule has 0 aromatic heterocycles. The number of amides is 3. The van der Waals surface area contributed by atoms with E-state index in [9.17, 15) is 9.59 Å². The molecule has 1 aromatic rings. The molecule has 0 aliphatic carbocycles. The predicted octanol–water partition coefficient (Wildman–Crippen LogP) is 2.26. The van der Waals surface area contributed by atoms with Crippen molar-refractivity contribution in [3.63, 3.8) is 0 Å². The molecule has 6 heteroatoms. The van der Waals surface area contributed by atoms with Crippen molar-refractivity contribution in [2.75, 3.05) is 37.7 Å². The van der Waals surface area contributed by atoms with Crippen molar-refractivity contribution >= 4 is 17.8 Å². The van der Waals surface area contributed by atoms with Gasteiger partial charge in [0.05, 0.1) is 12.3 Å². The molecule has 0 unspecified atom stereocenters. The van der Waals surface area contributed by atoms with Crippen LogP contribution in [0, 0.1) is 6.07 Å². The summed E-state index contributed by atoms with van der Waals surface area (Å²) >= 11 is 0. The Balaban J connectivity index is 2.13. The smallest absolute Gasteiger partial charge is 0.422 e. The zero-order valence-corrected chi connectivity index (χ0v) is 12.9. The lowest BCUT2D eigenvalue weighted by Crippen LogP contribution is -2.53. The van der Waals surface area contributed by atoms with Gasteiger partial charge in [0.25, 0.3) is 0 Å². The molecule has 1 aliphatic rings. The first-order valence-corrected chi connectivity index (χ1v) is 7.66. The van der Waals surface area contributed by atoms with E-state index in [1.165, 1.54) is 0 Å². The van der Waals surface area contributed by atoms with Crippen LogP contribution in [0.3, 0.4) is 0 Å². The molecular weight excluding hydrogens is 282 g/mol. The monoisotopic (exact) mass is 304 g/mol. The molecule has 0 bridgehead atoms. The van der Waals surface area contributed by atoms with E-state index in [0.717, 1.165) is 30.8 Å². The van der Waals surface area contributed by atoms with Gasteiger partial charge in [-0.15, -0.1) is 0 Å². The maximum absolute atomic E-state index is 12.7. The van der Waals surface area contributed by atoms with Gasteiger partial charge < -0.3 is 15.0 Å². The van der Waals surface area contributed by atoms with Gasteiger partial charge in [-0.25, -0.2) is 9.59 Å². The van der Waals surface area contributed by atoms with Crippen LogP contribution in [0.25, 0.3) is 0 Å². The fourth-order valence-electron chi connectivity index (χ4n) is 2.19. The zero-order chi connectivity index (χ0) is 15.8. The van der Waals surface area contributed by atoms with Crippen LogP contribution in [-0.2, 0) is 4.74 Å². The van der Waals surface area contributed by atoms with Gasteiger partial charge in [0, 0.05) is 26.2 Å². The van der Waals surface area contributed by atoms with Gasteiger partial charge in [0.1, 0.15) is 0 Å². The number of piperazine rings is 1. The van der Waals surface area contributed by atoms with E-state index < -0.39 is 6.09 Å². The molecule has 1 aliphatic heterocycles. The second-order valence-corrected chi connectivity index (χ2v) is 5.08. The number of unbranched alkanes of at least 4 members (excludes halogenated alkanes) is 1. The average Bonchev–Trinajstić information content (AvgIpc) is 2.57. The van der Waals surface area contributed by atoms with Gasteiger partial charge in [-0.3, -0.25) is 0 Å². The Kier molecular flexibility index (Phi) is 6.21. The van der Waals surface area contributed by atoms with Crippen LogP contribution in [0.4, 0.5) is 15.3 Å². The molecule has 22 heavy (non-hydrogen) atoms. The number of hydrogen-bond donors (Lipinski definition) is 1. The van der Waals surface area contributed by atoms with Crippen LogP contribution < -0.4 is 10.2 Å². The molecule has 3 amide bonds. The fourth-order valence-corrected chi connectivity index (χ4v) is 2.19. The SMILES string of the molecule is CCCCOC(=O)N(C(=O)N1CCNCC1)c1cc[c]cc1. The fraction of sp³-hybridized carbons (Fsp3) is 0.500. The number of urea groups is 1. The number of imide groups is 1. The van der Waals surface area contributed by atoms with Gasteiger partial charge in [-0.05, 0) is 24.6 Å². The second kappa shape index (κ2) is 8.38. The molecule has 0 spiro atoms. The minimum Gasteiger partial charge on any atom is -0.449 e. The van der Waals surface area contributed by atoms with Crippen LogP contribution in [-0.4, -0.2) is 49.8 Å². The average molecular weight is 304 g/mol. The summed E-state index contributed by atoms with van der Waals surface area (Å²) in [6, 6.07) is 9.26. The van der Waals surface area contributed by atoms with E-state index in [0.29, 0.717) is 25.4 Å². The van der Waals surface area contributed by atoms with Gasteiger partial charge in [-0.2, -0.15) is 4.90 Å². The highest BCUT2D eigenvalue weighted by atomic mass is 16.6. The first-order valence-electron chi connectivity index (χ1n) is 7.66. The molecule has 1 N–H and O–H groups in total. The van der Waals surface area contributed by atoms with E-state index in [1.54, 1.807) is 29.2 Å². The number of nitrogens with one attached hydrogen (secondary N) is 1. The summed E-state index contributed by atoms with van der Waals surface area (Å²) in [4.78, 5) is 27.8. The van der Waals surface area contributed by atoms with Crippen LogP contribution in [0.15, 0.2) is 24.3 Å². The lowest BCUT2D eigenvalue weighted by Gasteiger charge is -2.31. The summed E-state index contributed by atoms with van der Waals surface area (Å²) in [6.45, 7) is 4.96. The third-order valence-electron chi connectivity index (χ3n) is 3.44. The minimum absolute atomic E-state index is 0.319. The third-order valence-corrected chi connectivity index (χ3v) is 3.44. The summed E-state index contributed by atoms with van der Waals surface area (Å²) in [6.07, 6.45) is 1.09. The molecular formula is C16H22N3O3. The Morgan fingerprint density at radius 1 is 1.32 bits per heavy atom. The van der Waals surface area contributed by atoms with E-state index in [1.807, 2.05) is 6.92 Å². The lowest BCUT2D eigenvalue weighted by molar-refractivity contribution is 0.147. The first-order chi connectivity index (χ1) is 10.7. The zero-order valence-electron chi connectivity index (χ0n) is 12.9. The highest BCUT2D eigenvalue weighted by Crippen LogP contribution is 2.17. The summed E-state index contributed by atoms with van der Waals surface area (Å²) < 4.78 is 5.22. The standard InChI is InChI=1S/C16H22N3O3/c1-2-3-13-22-16(21)19(14-7-5-4-6-8-14)15(20)18-11-9-17-10-12-18/h5-8,17H,2-3,9-13H2,1H3. The molecule has 6 nitrogen and oxygen atoms in total. The highest BCUT2D eigenvalue weighted by Gasteiger charge is 2.30. The maximum atomic E-state index is 12.7. The topological polar surface area (TPSA) is 61.9 Å². The van der Waals surface area contributed by atoms with Crippen LogP contribution >= 0.6 is 0 Å². The molecule has 119 valence electrons. The van der Waals surface area contributed by atoms with E-state index >= 15 is 0 Å². The third kappa shape index (κ3) is 4.21.